The van der Waals surface area contributed by atoms with Crippen LogP contribution in [0.15, 0.2) is 72.9 Å². The molecule has 4 aromatic rings. The van der Waals surface area contributed by atoms with Gasteiger partial charge in [0.15, 0.2) is 0 Å². The van der Waals surface area contributed by atoms with Gasteiger partial charge in [-0.15, -0.1) is 0 Å². The van der Waals surface area contributed by atoms with Crippen LogP contribution < -0.4 is 0 Å². The summed E-state index contributed by atoms with van der Waals surface area (Å²) in [7, 11) is 0. The summed E-state index contributed by atoms with van der Waals surface area (Å²) in [5, 5.41) is 0. The van der Waals surface area contributed by atoms with E-state index in [1.807, 2.05) is 38.2 Å². The second-order valence-electron chi connectivity index (χ2n) is 6.70. The van der Waals surface area contributed by atoms with Gasteiger partial charge in [-0.05, 0) is 49.6 Å². The molecular weight excluding hydrogens is 330 g/mol. The highest BCUT2D eigenvalue weighted by molar-refractivity contribution is 5.72. The van der Waals surface area contributed by atoms with Crippen LogP contribution in [0, 0.1) is 20.8 Å². The Labute approximate surface area is 159 Å². The first kappa shape index (κ1) is 17.1. The summed E-state index contributed by atoms with van der Waals surface area (Å²) < 4.78 is 0. The third-order valence-corrected chi connectivity index (χ3v) is 4.84. The van der Waals surface area contributed by atoms with Crippen LogP contribution in [0.3, 0.4) is 0 Å². The molecule has 3 nitrogen and oxygen atoms in total. The van der Waals surface area contributed by atoms with Crippen molar-refractivity contribution < 1.29 is 0 Å². The largest absolute Gasteiger partial charge is 0.256 e. The first-order valence-corrected chi connectivity index (χ1v) is 9.06. The normalized spacial score (nSPS) is 10.8. The van der Waals surface area contributed by atoms with E-state index >= 15 is 0 Å². The predicted molar refractivity (Wildman–Crippen MR) is 110 cm³/mol. The molecule has 2 aromatic carbocycles. The standard InChI is InChI=1S/C24H21N3/c1-16-17(2)26-18(3)27-24(16)22-13-9-20(10-14-22)19-7-11-21(12-8-19)23-6-4-5-15-25-23/h4-15H,1-3H3. The summed E-state index contributed by atoms with van der Waals surface area (Å²) in [6.07, 6.45) is 1.82. The molecule has 0 aliphatic carbocycles. The molecule has 0 atom stereocenters. The molecule has 0 fully saturated rings. The predicted octanol–water partition coefficient (Wildman–Crippen LogP) is 5.80. The average Bonchev–Trinajstić information content (AvgIpc) is 2.72. The lowest BCUT2D eigenvalue weighted by Crippen LogP contribution is -1.98. The van der Waals surface area contributed by atoms with Gasteiger partial charge in [0.2, 0.25) is 0 Å². The Balaban J connectivity index is 1.63. The maximum atomic E-state index is 4.63. The second kappa shape index (κ2) is 7.12. The lowest BCUT2D eigenvalue weighted by Gasteiger charge is -2.10. The molecule has 2 aromatic heterocycles. The average molecular weight is 351 g/mol. The van der Waals surface area contributed by atoms with Crippen molar-refractivity contribution in [1.29, 1.82) is 0 Å². The van der Waals surface area contributed by atoms with Crippen LogP contribution in [0.4, 0.5) is 0 Å². The van der Waals surface area contributed by atoms with E-state index in [-0.39, 0.29) is 0 Å². The summed E-state index contributed by atoms with van der Waals surface area (Å²) in [5.41, 5.74) is 8.79. The van der Waals surface area contributed by atoms with Gasteiger partial charge in [0, 0.05) is 23.0 Å². The molecule has 27 heavy (non-hydrogen) atoms. The smallest absolute Gasteiger partial charge is 0.126 e. The van der Waals surface area contributed by atoms with Crippen LogP contribution in [0.25, 0.3) is 33.6 Å². The van der Waals surface area contributed by atoms with Crippen molar-refractivity contribution in [1.82, 2.24) is 15.0 Å². The third kappa shape index (κ3) is 3.49. The van der Waals surface area contributed by atoms with E-state index in [9.17, 15) is 0 Å². The van der Waals surface area contributed by atoms with E-state index in [1.165, 1.54) is 11.1 Å². The Morgan fingerprint density at radius 3 is 1.78 bits per heavy atom. The number of hydrogen-bond acceptors (Lipinski definition) is 3. The monoisotopic (exact) mass is 351 g/mol. The van der Waals surface area contributed by atoms with Gasteiger partial charge in [-0.2, -0.15) is 0 Å². The zero-order valence-electron chi connectivity index (χ0n) is 15.8. The molecule has 0 aliphatic heterocycles. The molecule has 3 heteroatoms. The summed E-state index contributed by atoms with van der Waals surface area (Å²) in [5.74, 6) is 0.808. The second-order valence-corrected chi connectivity index (χ2v) is 6.70. The topological polar surface area (TPSA) is 38.7 Å². The van der Waals surface area contributed by atoms with Crippen molar-refractivity contribution >= 4 is 0 Å². The Morgan fingerprint density at radius 2 is 1.19 bits per heavy atom. The van der Waals surface area contributed by atoms with Crippen molar-refractivity contribution in [2.45, 2.75) is 20.8 Å². The fourth-order valence-corrected chi connectivity index (χ4v) is 3.24. The van der Waals surface area contributed by atoms with Crippen LogP contribution in [-0.4, -0.2) is 15.0 Å². The summed E-state index contributed by atoms with van der Waals surface area (Å²) in [4.78, 5) is 13.5. The highest BCUT2D eigenvalue weighted by atomic mass is 14.9. The minimum atomic E-state index is 0.808. The number of aryl methyl sites for hydroxylation is 2. The van der Waals surface area contributed by atoms with Crippen molar-refractivity contribution in [3.63, 3.8) is 0 Å². The van der Waals surface area contributed by atoms with Gasteiger partial charge in [0.05, 0.1) is 11.4 Å². The summed E-state index contributed by atoms with van der Waals surface area (Å²) in [6, 6.07) is 23.1. The first-order chi connectivity index (χ1) is 13.1. The molecular formula is C24H21N3. The zero-order valence-corrected chi connectivity index (χ0v) is 15.8. The number of benzene rings is 2. The number of nitrogens with zero attached hydrogens (tertiary/aromatic N) is 3. The van der Waals surface area contributed by atoms with E-state index in [0.29, 0.717) is 0 Å². The van der Waals surface area contributed by atoms with Crippen molar-refractivity contribution in [3.8, 4) is 33.6 Å². The minimum absolute atomic E-state index is 0.808. The summed E-state index contributed by atoms with van der Waals surface area (Å²) >= 11 is 0. The Kier molecular flexibility index (Phi) is 4.51. The number of hydrogen-bond donors (Lipinski definition) is 0. The lowest BCUT2D eigenvalue weighted by atomic mass is 9.99. The van der Waals surface area contributed by atoms with Gasteiger partial charge in [-0.25, -0.2) is 9.97 Å². The Bertz CT molecular complexity index is 1070. The van der Waals surface area contributed by atoms with E-state index in [4.69, 9.17) is 0 Å². The molecule has 0 spiro atoms. The first-order valence-electron chi connectivity index (χ1n) is 9.06. The van der Waals surface area contributed by atoms with Crippen molar-refractivity contribution in [3.05, 3.63) is 90.0 Å². The van der Waals surface area contributed by atoms with Crippen LogP contribution >= 0.6 is 0 Å². The lowest BCUT2D eigenvalue weighted by molar-refractivity contribution is 0.992. The highest BCUT2D eigenvalue weighted by Crippen LogP contribution is 2.28. The number of rotatable bonds is 3. The van der Waals surface area contributed by atoms with E-state index in [0.717, 1.165) is 39.6 Å². The Morgan fingerprint density at radius 1 is 0.593 bits per heavy atom. The van der Waals surface area contributed by atoms with E-state index in [2.05, 4.69) is 70.4 Å². The molecule has 4 rings (SSSR count). The molecule has 0 saturated heterocycles. The fourth-order valence-electron chi connectivity index (χ4n) is 3.24. The van der Waals surface area contributed by atoms with Crippen LogP contribution in [0.1, 0.15) is 17.1 Å². The van der Waals surface area contributed by atoms with Gasteiger partial charge >= 0.3 is 0 Å². The quantitative estimate of drug-likeness (QED) is 0.468. The SMILES string of the molecule is Cc1nc(C)c(C)c(-c2ccc(-c3ccc(-c4ccccn4)cc3)cc2)n1. The van der Waals surface area contributed by atoms with Gasteiger partial charge in [-0.1, -0.05) is 54.6 Å². The molecule has 0 saturated carbocycles. The van der Waals surface area contributed by atoms with Crippen molar-refractivity contribution in [2.75, 3.05) is 0 Å². The maximum absolute atomic E-state index is 4.63. The van der Waals surface area contributed by atoms with Gasteiger partial charge in [0.1, 0.15) is 5.82 Å². The van der Waals surface area contributed by atoms with E-state index in [1.54, 1.807) is 0 Å². The summed E-state index contributed by atoms with van der Waals surface area (Å²) in [6.45, 7) is 6.05. The molecule has 0 aliphatic rings. The number of pyridine rings is 1. The van der Waals surface area contributed by atoms with Crippen LogP contribution in [0.5, 0.6) is 0 Å². The highest BCUT2D eigenvalue weighted by Gasteiger charge is 2.09. The maximum Gasteiger partial charge on any atom is 0.126 e. The molecule has 0 radical (unpaired) electrons. The molecule has 132 valence electrons. The third-order valence-electron chi connectivity index (χ3n) is 4.84. The Hall–Kier alpha value is -3.33. The van der Waals surface area contributed by atoms with Gasteiger partial charge in [-0.3, -0.25) is 4.98 Å². The zero-order chi connectivity index (χ0) is 18.8. The van der Waals surface area contributed by atoms with Crippen LogP contribution in [0.2, 0.25) is 0 Å². The van der Waals surface area contributed by atoms with E-state index < -0.39 is 0 Å². The molecule has 0 N–H and O–H groups in total. The molecule has 2 heterocycles. The molecule has 0 bridgehead atoms. The van der Waals surface area contributed by atoms with Gasteiger partial charge in [0.25, 0.3) is 0 Å². The molecule has 0 amide bonds. The molecule has 0 unspecified atom stereocenters. The van der Waals surface area contributed by atoms with Gasteiger partial charge < -0.3 is 0 Å². The van der Waals surface area contributed by atoms with Crippen molar-refractivity contribution in [2.24, 2.45) is 0 Å². The van der Waals surface area contributed by atoms with Crippen LogP contribution in [-0.2, 0) is 0 Å². The minimum Gasteiger partial charge on any atom is -0.256 e. The number of aromatic nitrogens is 3. The fraction of sp³-hybridized carbons (Fsp3) is 0.125.